The number of hydrogen-bond donors (Lipinski definition) is 0. The van der Waals surface area contributed by atoms with E-state index in [1.807, 2.05) is 30.3 Å². The molecule has 1 aliphatic rings. The zero-order valence-corrected chi connectivity index (χ0v) is 15.4. The average Bonchev–Trinajstić information content (AvgIpc) is 2.61. The predicted octanol–water partition coefficient (Wildman–Crippen LogP) is 4.36. The van der Waals surface area contributed by atoms with E-state index in [0.717, 1.165) is 48.5 Å². The molecule has 1 aliphatic heterocycles. The molecule has 0 radical (unpaired) electrons. The van der Waals surface area contributed by atoms with Crippen LogP contribution in [0.1, 0.15) is 0 Å². The topological polar surface area (TPSA) is 32.3 Å². The van der Waals surface area contributed by atoms with Crippen LogP contribution >= 0.6 is 23.2 Å². The van der Waals surface area contributed by atoms with E-state index in [0.29, 0.717) is 15.9 Å². The van der Waals surface area contributed by atoms with Crippen LogP contribution in [0.5, 0.6) is 0 Å². The molecule has 2 heterocycles. The molecule has 4 rings (SSSR count). The van der Waals surface area contributed by atoms with Crippen molar-refractivity contribution in [2.24, 2.45) is 0 Å². The third kappa shape index (κ3) is 3.30. The molecule has 25 heavy (non-hydrogen) atoms. The zero-order valence-electron chi connectivity index (χ0n) is 13.9. The smallest absolute Gasteiger partial charge is 0.163 e. The fourth-order valence-corrected chi connectivity index (χ4v) is 3.60. The maximum Gasteiger partial charge on any atom is 0.163 e. The standard InChI is InChI=1S/C19H18Cl2N4/c1-24-8-10-25(11-9-24)19-15-4-2-3-5-17(15)22-18(23-19)14-7-6-13(20)12-16(14)21/h2-7,12H,8-11H2,1H3. The normalized spacial score (nSPS) is 15.7. The van der Waals surface area contributed by atoms with Crippen molar-refractivity contribution in [3.05, 3.63) is 52.5 Å². The Hall–Kier alpha value is -1.88. The third-order valence-electron chi connectivity index (χ3n) is 4.56. The van der Waals surface area contributed by atoms with E-state index in [4.69, 9.17) is 33.2 Å². The number of halogens is 2. The lowest BCUT2D eigenvalue weighted by molar-refractivity contribution is 0.312. The molecular weight excluding hydrogens is 355 g/mol. The summed E-state index contributed by atoms with van der Waals surface area (Å²) < 4.78 is 0. The molecule has 0 unspecified atom stereocenters. The van der Waals surface area contributed by atoms with E-state index in [9.17, 15) is 0 Å². The molecule has 0 amide bonds. The molecule has 0 atom stereocenters. The Morgan fingerprint density at radius 3 is 2.44 bits per heavy atom. The molecule has 0 spiro atoms. The van der Waals surface area contributed by atoms with Crippen molar-refractivity contribution in [1.82, 2.24) is 14.9 Å². The summed E-state index contributed by atoms with van der Waals surface area (Å²) in [6.45, 7) is 3.95. The van der Waals surface area contributed by atoms with E-state index in [1.165, 1.54) is 0 Å². The van der Waals surface area contributed by atoms with Crippen LogP contribution in [-0.4, -0.2) is 48.1 Å². The van der Waals surface area contributed by atoms with Crippen LogP contribution in [0.2, 0.25) is 10.0 Å². The zero-order chi connectivity index (χ0) is 17.4. The van der Waals surface area contributed by atoms with Gasteiger partial charge in [0.05, 0.1) is 10.5 Å². The molecule has 1 fully saturated rings. The number of hydrogen-bond acceptors (Lipinski definition) is 4. The lowest BCUT2D eigenvalue weighted by atomic mass is 10.1. The molecule has 6 heteroatoms. The summed E-state index contributed by atoms with van der Waals surface area (Å²) in [5.74, 6) is 1.61. The molecular formula is C19H18Cl2N4. The number of rotatable bonds is 2. The number of likely N-dealkylation sites (N-methyl/N-ethyl adjacent to an activating group) is 1. The number of aromatic nitrogens is 2. The van der Waals surface area contributed by atoms with Gasteiger partial charge in [-0.25, -0.2) is 9.97 Å². The van der Waals surface area contributed by atoms with E-state index < -0.39 is 0 Å². The first-order chi connectivity index (χ1) is 12.1. The van der Waals surface area contributed by atoms with Gasteiger partial charge >= 0.3 is 0 Å². The average molecular weight is 373 g/mol. The summed E-state index contributed by atoms with van der Waals surface area (Å²) in [4.78, 5) is 14.3. The molecule has 3 aromatic rings. The largest absolute Gasteiger partial charge is 0.353 e. The second kappa shape index (κ2) is 6.79. The molecule has 4 nitrogen and oxygen atoms in total. The maximum absolute atomic E-state index is 6.39. The highest BCUT2D eigenvalue weighted by Gasteiger charge is 2.20. The van der Waals surface area contributed by atoms with Gasteiger partial charge < -0.3 is 9.80 Å². The molecule has 128 valence electrons. The Morgan fingerprint density at radius 1 is 0.920 bits per heavy atom. The lowest BCUT2D eigenvalue weighted by Crippen LogP contribution is -2.45. The van der Waals surface area contributed by atoms with Gasteiger partial charge in [0.25, 0.3) is 0 Å². The van der Waals surface area contributed by atoms with Crippen molar-refractivity contribution < 1.29 is 0 Å². The van der Waals surface area contributed by atoms with E-state index in [2.05, 4.69) is 22.9 Å². The van der Waals surface area contributed by atoms with Crippen molar-refractivity contribution in [3.8, 4) is 11.4 Å². The highest BCUT2D eigenvalue weighted by molar-refractivity contribution is 6.36. The molecule has 1 saturated heterocycles. The second-order valence-electron chi connectivity index (χ2n) is 6.30. The van der Waals surface area contributed by atoms with Crippen molar-refractivity contribution in [2.45, 2.75) is 0 Å². The molecule has 0 saturated carbocycles. The number of anilines is 1. The molecule has 1 aromatic heterocycles. The Kier molecular flexibility index (Phi) is 4.50. The molecule has 2 aromatic carbocycles. The van der Waals surface area contributed by atoms with Crippen molar-refractivity contribution in [1.29, 1.82) is 0 Å². The summed E-state index contributed by atoms with van der Waals surface area (Å²) in [6.07, 6.45) is 0. The minimum atomic E-state index is 0.562. The first-order valence-electron chi connectivity index (χ1n) is 8.27. The summed E-state index contributed by atoms with van der Waals surface area (Å²) >= 11 is 12.4. The van der Waals surface area contributed by atoms with Crippen LogP contribution in [0.4, 0.5) is 5.82 Å². The summed E-state index contributed by atoms with van der Waals surface area (Å²) in [7, 11) is 2.15. The van der Waals surface area contributed by atoms with E-state index in [-0.39, 0.29) is 0 Å². The first-order valence-corrected chi connectivity index (χ1v) is 9.03. The van der Waals surface area contributed by atoms with Crippen LogP contribution in [0.3, 0.4) is 0 Å². The Labute approximate surface area is 157 Å². The third-order valence-corrected chi connectivity index (χ3v) is 5.11. The second-order valence-corrected chi connectivity index (χ2v) is 7.15. The van der Waals surface area contributed by atoms with Crippen molar-refractivity contribution in [2.75, 3.05) is 38.1 Å². The first kappa shape index (κ1) is 16.6. The van der Waals surface area contributed by atoms with Gasteiger partial charge in [-0.2, -0.15) is 0 Å². The van der Waals surface area contributed by atoms with E-state index >= 15 is 0 Å². The van der Waals surface area contributed by atoms with Crippen LogP contribution < -0.4 is 4.90 Å². The van der Waals surface area contributed by atoms with E-state index in [1.54, 1.807) is 6.07 Å². The number of benzene rings is 2. The molecule has 0 N–H and O–H groups in total. The molecule has 0 bridgehead atoms. The van der Waals surface area contributed by atoms with Crippen LogP contribution in [0, 0.1) is 0 Å². The van der Waals surface area contributed by atoms with Gasteiger partial charge in [0.15, 0.2) is 5.82 Å². The Balaban J connectivity index is 1.86. The minimum absolute atomic E-state index is 0.562. The monoisotopic (exact) mass is 372 g/mol. The number of para-hydroxylation sites is 1. The van der Waals surface area contributed by atoms with Gasteiger partial charge in [-0.3, -0.25) is 0 Å². The van der Waals surface area contributed by atoms with Crippen molar-refractivity contribution >= 4 is 39.9 Å². The summed E-state index contributed by atoms with van der Waals surface area (Å²) in [5, 5.41) is 2.24. The highest BCUT2D eigenvalue weighted by Crippen LogP contribution is 2.32. The SMILES string of the molecule is CN1CCN(c2nc(-c3ccc(Cl)cc3Cl)nc3ccccc23)CC1. The molecule has 0 aliphatic carbocycles. The lowest BCUT2D eigenvalue weighted by Gasteiger charge is -2.33. The predicted molar refractivity (Wildman–Crippen MR) is 105 cm³/mol. The van der Waals surface area contributed by atoms with Gasteiger partial charge in [-0.05, 0) is 37.4 Å². The van der Waals surface area contributed by atoms with Gasteiger partial charge in [0, 0.05) is 42.2 Å². The fraction of sp³-hybridized carbons (Fsp3) is 0.263. The van der Waals surface area contributed by atoms with Crippen LogP contribution in [-0.2, 0) is 0 Å². The Morgan fingerprint density at radius 2 is 1.68 bits per heavy atom. The quantitative estimate of drug-likeness (QED) is 0.668. The Bertz CT molecular complexity index is 920. The maximum atomic E-state index is 6.39. The number of fused-ring (bicyclic) bond motifs is 1. The summed E-state index contributed by atoms with van der Waals surface area (Å²) in [5.41, 5.74) is 1.72. The fourth-order valence-electron chi connectivity index (χ4n) is 3.11. The van der Waals surface area contributed by atoms with Gasteiger partial charge in [-0.1, -0.05) is 35.3 Å². The minimum Gasteiger partial charge on any atom is -0.353 e. The van der Waals surface area contributed by atoms with Gasteiger partial charge in [0.1, 0.15) is 5.82 Å². The van der Waals surface area contributed by atoms with Gasteiger partial charge in [-0.15, -0.1) is 0 Å². The summed E-state index contributed by atoms with van der Waals surface area (Å²) in [6, 6.07) is 13.5. The van der Waals surface area contributed by atoms with Crippen LogP contribution in [0.15, 0.2) is 42.5 Å². The van der Waals surface area contributed by atoms with Crippen molar-refractivity contribution in [3.63, 3.8) is 0 Å². The number of piperazine rings is 1. The van der Waals surface area contributed by atoms with Gasteiger partial charge in [0.2, 0.25) is 0 Å². The number of nitrogens with zero attached hydrogens (tertiary/aromatic N) is 4. The highest BCUT2D eigenvalue weighted by atomic mass is 35.5. The van der Waals surface area contributed by atoms with Crippen LogP contribution in [0.25, 0.3) is 22.3 Å².